The quantitative estimate of drug-likeness (QED) is 0.532. The van der Waals surface area contributed by atoms with Crippen molar-refractivity contribution in [3.8, 4) is 35.2 Å². The van der Waals surface area contributed by atoms with Gasteiger partial charge in [0.2, 0.25) is 0 Å². The molecule has 2 heterocycles. The molecular formula is C28H24N4O5. The topological polar surface area (TPSA) is 125 Å². The molecule has 1 aliphatic heterocycles. The van der Waals surface area contributed by atoms with Crippen molar-refractivity contribution in [1.82, 2.24) is 10.3 Å². The van der Waals surface area contributed by atoms with Crippen LogP contribution in [0.15, 0.2) is 60.8 Å². The van der Waals surface area contributed by atoms with Crippen LogP contribution in [0.25, 0.3) is 0 Å². The zero-order valence-electron chi connectivity index (χ0n) is 20.5. The Bertz CT molecular complexity index is 1440. The summed E-state index contributed by atoms with van der Waals surface area (Å²) in [7, 11) is 1.59. The molecule has 2 amide bonds. The van der Waals surface area contributed by atoms with Crippen molar-refractivity contribution in [2.75, 3.05) is 18.6 Å². The van der Waals surface area contributed by atoms with Gasteiger partial charge in [-0.25, -0.2) is 0 Å². The van der Waals surface area contributed by atoms with Gasteiger partial charge >= 0.3 is 0 Å². The fourth-order valence-electron chi connectivity index (χ4n) is 3.47. The molecule has 0 spiro atoms. The number of rotatable bonds is 4. The Morgan fingerprint density at radius 1 is 1.16 bits per heavy atom. The van der Waals surface area contributed by atoms with E-state index in [0.29, 0.717) is 34.1 Å². The van der Waals surface area contributed by atoms with E-state index in [0.717, 1.165) is 0 Å². The molecule has 0 unspecified atom stereocenters. The zero-order chi connectivity index (χ0) is 26.6. The highest BCUT2D eigenvalue weighted by Crippen LogP contribution is 2.31. The maximum atomic E-state index is 13.2. The molecule has 3 aromatic rings. The van der Waals surface area contributed by atoms with Gasteiger partial charge in [-0.05, 0) is 62.4 Å². The van der Waals surface area contributed by atoms with Crippen molar-refractivity contribution in [1.29, 1.82) is 5.26 Å². The number of pyridine rings is 1. The Balaban J connectivity index is 1.47. The van der Waals surface area contributed by atoms with Crippen LogP contribution in [0, 0.1) is 23.2 Å². The summed E-state index contributed by atoms with van der Waals surface area (Å²) in [5.41, 5.74) is 0.518. The van der Waals surface area contributed by atoms with Crippen LogP contribution >= 0.6 is 0 Å². The first-order valence-electron chi connectivity index (χ1n) is 11.4. The molecule has 0 bridgehead atoms. The minimum atomic E-state index is -1.15. The number of aliphatic hydroxyl groups is 1. The Hall–Kier alpha value is -4.86. The lowest BCUT2D eigenvalue weighted by Crippen LogP contribution is -2.49. The summed E-state index contributed by atoms with van der Waals surface area (Å²) in [4.78, 5) is 31.6. The highest BCUT2D eigenvalue weighted by molar-refractivity contribution is 6.03. The fraction of sp³-hybridized carbons (Fsp3) is 0.214. The molecule has 1 aromatic heterocycles. The zero-order valence-corrected chi connectivity index (χ0v) is 20.5. The standard InChI is InChI=1S/C28H24N4O5/c1-28(2,35)12-10-18-6-9-25-24(14-18)32(3)27(34)23(17-36-25)31-26(33)22-15-21(11-13-30-22)37-20-7-4-19(16-29)5-8-20/h4-9,11,13-15,23,35H,17H2,1-3H3,(H,31,33)/t23-/m0/s1. The van der Waals surface area contributed by atoms with Crippen molar-refractivity contribution in [2.45, 2.75) is 25.5 Å². The molecule has 0 radical (unpaired) electrons. The van der Waals surface area contributed by atoms with Gasteiger partial charge in [0.15, 0.2) is 0 Å². The highest BCUT2D eigenvalue weighted by atomic mass is 16.5. The minimum absolute atomic E-state index is 0.0625. The van der Waals surface area contributed by atoms with E-state index in [1.165, 1.54) is 17.2 Å². The van der Waals surface area contributed by atoms with E-state index in [4.69, 9.17) is 14.7 Å². The number of likely N-dealkylation sites (N-methyl/N-ethyl adjacent to an activating group) is 1. The number of hydrogen-bond acceptors (Lipinski definition) is 7. The maximum absolute atomic E-state index is 13.2. The minimum Gasteiger partial charge on any atom is -0.489 e. The summed E-state index contributed by atoms with van der Waals surface area (Å²) in [6.07, 6.45) is 1.43. The van der Waals surface area contributed by atoms with Crippen molar-refractivity contribution in [3.05, 3.63) is 77.6 Å². The third kappa shape index (κ3) is 6.23. The van der Waals surface area contributed by atoms with Gasteiger partial charge in [-0.1, -0.05) is 11.8 Å². The predicted octanol–water partition coefficient (Wildman–Crippen LogP) is 3.02. The van der Waals surface area contributed by atoms with Crippen LogP contribution in [-0.2, 0) is 4.79 Å². The summed E-state index contributed by atoms with van der Waals surface area (Å²) >= 11 is 0. The van der Waals surface area contributed by atoms with Gasteiger partial charge in [0.25, 0.3) is 11.8 Å². The third-order valence-corrected chi connectivity index (χ3v) is 5.36. The van der Waals surface area contributed by atoms with E-state index in [-0.39, 0.29) is 18.2 Å². The van der Waals surface area contributed by atoms with Crippen molar-refractivity contribution in [2.24, 2.45) is 0 Å². The molecule has 9 nitrogen and oxygen atoms in total. The molecule has 1 atom stereocenters. The number of ether oxygens (including phenoxy) is 2. The molecular weight excluding hydrogens is 472 g/mol. The Morgan fingerprint density at radius 3 is 2.59 bits per heavy atom. The largest absolute Gasteiger partial charge is 0.489 e. The molecule has 0 saturated heterocycles. The van der Waals surface area contributed by atoms with E-state index in [1.807, 2.05) is 6.07 Å². The number of aromatic nitrogens is 1. The molecule has 37 heavy (non-hydrogen) atoms. The molecule has 0 fully saturated rings. The number of hydrogen-bond donors (Lipinski definition) is 2. The molecule has 2 N–H and O–H groups in total. The van der Waals surface area contributed by atoms with Crippen LogP contribution < -0.4 is 19.7 Å². The fourth-order valence-corrected chi connectivity index (χ4v) is 3.47. The first-order chi connectivity index (χ1) is 17.6. The highest BCUT2D eigenvalue weighted by Gasteiger charge is 2.31. The number of carbonyl (C=O) groups excluding carboxylic acids is 2. The van der Waals surface area contributed by atoms with Crippen LogP contribution in [0.2, 0.25) is 0 Å². The van der Waals surface area contributed by atoms with Gasteiger partial charge in [-0.3, -0.25) is 14.6 Å². The van der Waals surface area contributed by atoms with E-state index in [1.54, 1.807) is 69.4 Å². The average Bonchev–Trinajstić information content (AvgIpc) is 2.99. The number of nitrogens with zero attached hydrogens (tertiary/aromatic N) is 3. The summed E-state index contributed by atoms with van der Waals surface area (Å²) in [5.74, 6) is 6.03. The van der Waals surface area contributed by atoms with Crippen molar-refractivity contribution >= 4 is 17.5 Å². The summed E-state index contributed by atoms with van der Waals surface area (Å²) in [5, 5.41) is 21.5. The molecule has 186 valence electrons. The lowest BCUT2D eigenvalue weighted by atomic mass is 10.1. The lowest BCUT2D eigenvalue weighted by molar-refractivity contribution is -0.120. The van der Waals surface area contributed by atoms with Gasteiger partial charge in [0, 0.05) is 24.9 Å². The Morgan fingerprint density at radius 2 is 1.89 bits per heavy atom. The molecule has 0 saturated carbocycles. The second kappa shape index (κ2) is 10.4. The number of fused-ring (bicyclic) bond motifs is 1. The maximum Gasteiger partial charge on any atom is 0.270 e. The first kappa shape index (κ1) is 25.2. The molecule has 0 aliphatic carbocycles. The molecule has 4 rings (SSSR count). The number of amides is 2. The molecule has 1 aliphatic rings. The van der Waals surface area contributed by atoms with Gasteiger partial charge in [-0.2, -0.15) is 5.26 Å². The van der Waals surface area contributed by atoms with Crippen molar-refractivity contribution in [3.63, 3.8) is 0 Å². The van der Waals surface area contributed by atoms with Crippen LogP contribution in [0.5, 0.6) is 17.2 Å². The Kier molecular flexibility index (Phi) is 7.10. The van der Waals surface area contributed by atoms with Gasteiger partial charge in [0.05, 0.1) is 17.3 Å². The third-order valence-electron chi connectivity index (χ3n) is 5.36. The van der Waals surface area contributed by atoms with Crippen molar-refractivity contribution < 1.29 is 24.2 Å². The predicted molar refractivity (Wildman–Crippen MR) is 135 cm³/mol. The lowest BCUT2D eigenvalue weighted by Gasteiger charge is -2.20. The van der Waals surface area contributed by atoms with Gasteiger partial charge in [0.1, 0.15) is 41.2 Å². The van der Waals surface area contributed by atoms with E-state index >= 15 is 0 Å². The number of nitriles is 1. The number of nitrogens with one attached hydrogen (secondary N) is 1. The number of anilines is 1. The summed E-state index contributed by atoms with van der Waals surface area (Å²) < 4.78 is 11.6. The first-order valence-corrected chi connectivity index (χ1v) is 11.4. The molecule has 9 heteroatoms. The average molecular weight is 497 g/mol. The van der Waals surface area contributed by atoms with Crippen LogP contribution in [0.4, 0.5) is 5.69 Å². The van der Waals surface area contributed by atoms with Crippen LogP contribution in [0.1, 0.15) is 35.5 Å². The van der Waals surface area contributed by atoms with Crippen LogP contribution in [-0.4, -0.2) is 47.2 Å². The Labute approximate surface area is 214 Å². The smallest absolute Gasteiger partial charge is 0.270 e. The molecule has 2 aromatic carbocycles. The SMILES string of the molecule is CN1C(=O)[C@@H](NC(=O)c2cc(Oc3ccc(C#N)cc3)ccn2)COc2ccc(C#CC(C)(C)O)cc21. The number of carbonyl (C=O) groups is 2. The summed E-state index contributed by atoms with van der Waals surface area (Å²) in [6, 6.07) is 15.8. The van der Waals surface area contributed by atoms with E-state index < -0.39 is 17.6 Å². The van der Waals surface area contributed by atoms with Gasteiger partial charge in [-0.15, -0.1) is 0 Å². The van der Waals surface area contributed by atoms with Gasteiger partial charge < -0.3 is 24.8 Å². The van der Waals surface area contributed by atoms with E-state index in [2.05, 4.69) is 22.1 Å². The normalized spacial score (nSPS) is 14.7. The second-order valence-corrected chi connectivity index (χ2v) is 8.84. The second-order valence-electron chi connectivity index (χ2n) is 8.84. The monoisotopic (exact) mass is 496 g/mol. The number of benzene rings is 2. The van der Waals surface area contributed by atoms with Crippen LogP contribution in [0.3, 0.4) is 0 Å². The van der Waals surface area contributed by atoms with E-state index in [9.17, 15) is 14.7 Å². The summed E-state index contributed by atoms with van der Waals surface area (Å²) in [6.45, 7) is 3.09.